The van der Waals surface area contributed by atoms with Gasteiger partial charge >= 0.3 is 11.9 Å². The van der Waals surface area contributed by atoms with Crippen molar-refractivity contribution in [3.05, 3.63) is 0 Å². The summed E-state index contributed by atoms with van der Waals surface area (Å²) in [5, 5.41) is 26.6. The van der Waals surface area contributed by atoms with Crippen molar-refractivity contribution in [3.8, 4) is 0 Å². The Morgan fingerprint density at radius 3 is 1.89 bits per heavy atom. The number of ether oxygens (including phenoxy) is 1. The molecule has 2 atom stereocenters. The smallest absolute Gasteiger partial charge is 0.309 e. The predicted molar refractivity (Wildman–Crippen MR) is 63.9 cm³/mol. The molecule has 0 aliphatic heterocycles. The summed E-state index contributed by atoms with van der Waals surface area (Å²) in [6.07, 6.45) is 0.191. The van der Waals surface area contributed by atoms with E-state index in [0.717, 1.165) is 0 Å². The molecule has 3 N–H and O–H groups in total. The number of hydrogen-bond acceptors (Lipinski definition) is 5. The number of carbonyl (C=O) groups is 2. The van der Waals surface area contributed by atoms with E-state index in [1.807, 2.05) is 0 Å². The topological polar surface area (TPSA) is 104 Å². The second kappa shape index (κ2) is 8.88. The minimum Gasteiger partial charge on any atom is -0.481 e. The van der Waals surface area contributed by atoms with Crippen LogP contribution in [0.25, 0.3) is 0 Å². The molecule has 6 nitrogen and oxygen atoms in total. The van der Waals surface area contributed by atoms with E-state index in [4.69, 9.17) is 20.1 Å². The summed E-state index contributed by atoms with van der Waals surface area (Å²) < 4.78 is 4.90. The molecule has 0 spiro atoms. The fraction of sp³-hybridized carbons (Fsp3) is 0.833. The number of aliphatic hydroxyl groups is 2. The SMILES string of the molecule is CCC(CC(CC)C(=O)OC(CO)CO)C(=O)O. The number of esters is 1. The Labute approximate surface area is 107 Å². The summed E-state index contributed by atoms with van der Waals surface area (Å²) >= 11 is 0. The molecule has 18 heavy (non-hydrogen) atoms. The molecule has 0 saturated carbocycles. The van der Waals surface area contributed by atoms with Crippen molar-refractivity contribution >= 4 is 11.9 Å². The van der Waals surface area contributed by atoms with Gasteiger partial charge in [0.2, 0.25) is 0 Å². The van der Waals surface area contributed by atoms with E-state index in [2.05, 4.69) is 0 Å². The van der Waals surface area contributed by atoms with Crippen LogP contribution in [0.5, 0.6) is 0 Å². The fourth-order valence-electron chi connectivity index (χ4n) is 1.61. The number of carboxylic acids is 1. The lowest BCUT2D eigenvalue weighted by molar-refractivity contribution is -0.159. The van der Waals surface area contributed by atoms with E-state index in [1.165, 1.54) is 0 Å². The number of aliphatic carboxylic acids is 1. The van der Waals surface area contributed by atoms with Gasteiger partial charge in [0.25, 0.3) is 0 Å². The lowest BCUT2D eigenvalue weighted by Crippen LogP contribution is -2.31. The molecule has 0 aromatic carbocycles. The van der Waals surface area contributed by atoms with Gasteiger partial charge in [0.05, 0.1) is 25.0 Å². The largest absolute Gasteiger partial charge is 0.481 e. The first-order chi connectivity index (χ1) is 8.49. The lowest BCUT2D eigenvalue weighted by Gasteiger charge is -2.20. The number of hydrogen-bond donors (Lipinski definition) is 3. The van der Waals surface area contributed by atoms with Gasteiger partial charge in [-0.1, -0.05) is 13.8 Å². The monoisotopic (exact) mass is 262 g/mol. The van der Waals surface area contributed by atoms with Gasteiger partial charge in [-0.15, -0.1) is 0 Å². The molecule has 0 aromatic rings. The van der Waals surface area contributed by atoms with Crippen LogP contribution in [0.4, 0.5) is 0 Å². The van der Waals surface area contributed by atoms with Gasteiger partial charge in [-0.05, 0) is 19.3 Å². The third kappa shape index (κ3) is 5.46. The highest BCUT2D eigenvalue weighted by molar-refractivity contribution is 5.75. The summed E-state index contributed by atoms with van der Waals surface area (Å²) in [6.45, 7) is 2.62. The van der Waals surface area contributed by atoms with Crippen LogP contribution < -0.4 is 0 Å². The maximum Gasteiger partial charge on any atom is 0.309 e. The zero-order valence-electron chi connectivity index (χ0n) is 10.8. The van der Waals surface area contributed by atoms with Crippen molar-refractivity contribution in [1.29, 1.82) is 0 Å². The number of carbonyl (C=O) groups excluding carboxylic acids is 1. The van der Waals surface area contributed by atoms with Crippen molar-refractivity contribution in [2.45, 2.75) is 39.2 Å². The zero-order chi connectivity index (χ0) is 14.1. The first-order valence-electron chi connectivity index (χ1n) is 6.15. The van der Waals surface area contributed by atoms with Crippen LogP contribution in [0.1, 0.15) is 33.1 Å². The number of rotatable bonds is 9. The normalized spacial score (nSPS) is 14.3. The molecule has 0 aliphatic rings. The van der Waals surface area contributed by atoms with E-state index >= 15 is 0 Å². The molecule has 0 rings (SSSR count). The third-order valence-electron chi connectivity index (χ3n) is 2.93. The maximum absolute atomic E-state index is 11.7. The van der Waals surface area contributed by atoms with Crippen LogP contribution in [-0.4, -0.2) is 46.6 Å². The lowest BCUT2D eigenvalue weighted by atomic mass is 9.91. The molecule has 0 amide bonds. The van der Waals surface area contributed by atoms with Crippen LogP contribution in [0.2, 0.25) is 0 Å². The molecule has 0 fully saturated rings. The Balaban J connectivity index is 4.47. The summed E-state index contributed by atoms with van der Waals surface area (Å²) in [7, 11) is 0. The molecule has 0 saturated heterocycles. The highest BCUT2D eigenvalue weighted by atomic mass is 16.6. The molecule has 0 aromatic heterocycles. The molecule has 106 valence electrons. The standard InChI is InChI=1S/C12H22O6/c1-3-8(11(15)16)5-9(4-2)12(17)18-10(6-13)7-14/h8-10,13-14H,3-7H2,1-2H3,(H,15,16). The van der Waals surface area contributed by atoms with E-state index in [1.54, 1.807) is 13.8 Å². The number of aliphatic hydroxyl groups excluding tert-OH is 2. The minimum absolute atomic E-state index is 0.213. The summed E-state index contributed by atoms with van der Waals surface area (Å²) in [4.78, 5) is 22.6. The molecular weight excluding hydrogens is 240 g/mol. The van der Waals surface area contributed by atoms with Gasteiger partial charge in [0.1, 0.15) is 6.10 Å². The second-order valence-electron chi connectivity index (χ2n) is 4.21. The van der Waals surface area contributed by atoms with Crippen molar-refractivity contribution < 1.29 is 29.6 Å². The highest BCUT2D eigenvalue weighted by Gasteiger charge is 2.27. The maximum atomic E-state index is 11.7. The Morgan fingerprint density at radius 2 is 1.56 bits per heavy atom. The number of carboxylic acid groups (broad SMARTS) is 1. The van der Waals surface area contributed by atoms with Crippen molar-refractivity contribution in [2.75, 3.05) is 13.2 Å². The molecule has 0 bridgehead atoms. The predicted octanol–water partition coefficient (Wildman–Crippen LogP) is 0.410. The van der Waals surface area contributed by atoms with Gasteiger partial charge in [0.15, 0.2) is 0 Å². The molecule has 2 unspecified atom stereocenters. The quantitative estimate of drug-likeness (QED) is 0.520. The summed E-state index contributed by atoms with van der Waals surface area (Å²) in [5.74, 6) is -2.59. The summed E-state index contributed by atoms with van der Waals surface area (Å²) in [6, 6.07) is 0. The third-order valence-corrected chi connectivity index (χ3v) is 2.93. The van der Waals surface area contributed by atoms with Crippen molar-refractivity contribution in [3.63, 3.8) is 0 Å². The first-order valence-corrected chi connectivity index (χ1v) is 6.15. The van der Waals surface area contributed by atoms with Gasteiger partial charge < -0.3 is 20.1 Å². The Bertz CT molecular complexity index is 261. The van der Waals surface area contributed by atoms with E-state index < -0.39 is 43.1 Å². The average molecular weight is 262 g/mol. The van der Waals surface area contributed by atoms with Crippen LogP contribution >= 0.6 is 0 Å². The Kier molecular flexibility index (Phi) is 8.32. The van der Waals surface area contributed by atoms with E-state index in [0.29, 0.717) is 12.8 Å². The molecule has 0 aliphatic carbocycles. The van der Waals surface area contributed by atoms with Gasteiger partial charge in [0, 0.05) is 0 Å². The Morgan fingerprint density at radius 1 is 1.06 bits per heavy atom. The van der Waals surface area contributed by atoms with Crippen molar-refractivity contribution in [2.24, 2.45) is 11.8 Å². The Hall–Kier alpha value is -1.14. The van der Waals surface area contributed by atoms with Crippen LogP contribution in [0, 0.1) is 11.8 Å². The first kappa shape index (κ1) is 16.9. The van der Waals surface area contributed by atoms with Gasteiger partial charge in [-0.2, -0.15) is 0 Å². The van der Waals surface area contributed by atoms with Gasteiger partial charge in [-0.3, -0.25) is 9.59 Å². The van der Waals surface area contributed by atoms with Crippen molar-refractivity contribution in [1.82, 2.24) is 0 Å². The highest BCUT2D eigenvalue weighted by Crippen LogP contribution is 2.20. The second-order valence-corrected chi connectivity index (χ2v) is 4.21. The zero-order valence-corrected chi connectivity index (χ0v) is 10.8. The van der Waals surface area contributed by atoms with Crippen LogP contribution in [-0.2, 0) is 14.3 Å². The fourth-order valence-corrected chi connectivity index (χ4v) is 1.61. The molecular formula is C12H22O6. The molecule has 0 radical (unpaired) electrons. The summed E-state index contributed by atoms with van der Waals surface area (Å²) in [5.41, 5.74) is 0. The molecule has 0 heterocycles. The van der Waals surface area contributed by atoms with Crippen LogP contribution in [0.3, 0.4) is 0 Å². The average Bonchev–Trinajstić information content (AvgIpc) is 2.36. The van der Waals surface area contributed by atoms with E-state index in [-0.39, 0.29) is 6.42 Å². The van der Waals surface area contributed by atoms with Crippen LogP contribution in [0.15, 0.2) is 0 Å². The van der Waals surface area contributed by atoms with Gasteiger partial charge in [-0.25, -0.2) is 0 Å². The van der Waals surface area contributed by atoms with E-state index in [9.17, 15) is 9.59 Å². The molecule has 6 heteroatoms. The minimum atomic E-state index is -0.934.